The molecule has 4 N–H and O–H groups in total. The summed E-state index contributed by atoms with van der Waals surface area (Å²) in [6, 6.07) is 0. The van der Waals surface area contributed by atoms with E-state index in [2.05, 4.69) is 0 Å². The second kappa shape index (κ2) is 4.88. The number of ether oxygens (including phenoxy) is 4. The van der Waals surface area contributed by atoms with Crippen molar-refractivity contribution in [3.05, 3.63) is 0 Å². The van der Waals surface area contributed by atoms with Crippen LogP contribution < -0.4 is 0 Å². The molecule has 6 rings (SSSR count). The highest BCUT2D eigenvalue weighted by atomic mass is 18.2. The van der Waals surface area contributed by atoms with Crippen LogP contribution in [0.4, 0.5) is 4.39 Å². The average Bonchev–Trinajstić information content (AvgIpc) is 3.35. The van der Waals surface area contributed by atoms with E-state index >= 15 is 4.39 Å². The van der Waals surface area contributed by atoms with Crippen LogP contribution in [0.5, 0.6) is 0 Å². The van der Waals surface area contributed by atoms with Crippen LogP contribution in [-0.2, 0) is 33.3 Å². The topological polar surface area (TPSA) is 169 Å². The zero-order valence-corrected chi connectivity index (χ0v) is 16.6. The number of hydrogen-bond acceptors (Lipinski definition) is 11. The summed E-state index contributed by atoms with van der Waals surface area (Å²) in [6.07, 6.45) is -13.8. The smallest absolute Gasteiger partial charge is 0.343 e. The number of carbonyl (C=O) groups is 3. The van der Waals surface area contributed by atoms with Gasteiger partial charge in [-0.15, -0.1) is 0 Å². The van der Waals surface area contributed by atoms with Crippen molar-refractivity contribution in [1.29, 1.82) is 0 Å². The Morgan fingerprint density at radius 1 is 0.935 bits per heavy atom. The third-order valence-electron chi connectivity index (χ3n) is 8.53. The Morgan fingerprint density at radius 2 is 1.55 bits per heavy atom. The summed E-state index contributed by atoms with van der Waals surface area (Å²) < 4.78 is 37.4. The molecule has 0 radical (unpaired) electrons. The second-order valence-corrected chi connectivity index (χ2v) is 10.4. The van der Waals surface area contributed by atoms with Gasteiger partial charge in [-0.2, -0.15) is 0 Å². The molecular formula is C19H21FO11. The Kier molecular flexibility index (Phi) is 3.12. The molecule has 0 aromatic heterocycles. The third kappa shape index (κ3) is 1.43. The van der Waals surface area contributed by atoms with E-state index in [1.165, 1.54) is 0 Å². The summed E-state index contributed by atoms with van der Waals surface area (Å²) in [4.78, 5) is 37.8. The number of halogens is 1. The summed E-state index contributed by atoms with van der Waals surface area (Å²) in [5, 5.41) is 44.6. The van der Waals surface area contributed by atoms with Gasteiger partial charge in [-0.05, 0) is 5.41 Å². The molecule has 4 saturated heterocycles. The molecule has 31 heavy (non-hydrogen) atoms. The standard InChI is InChI=1S/C19H21FO11/c1-15(2,3)5-4(20)9-17-6(21)10-18(27,8(23)12(25)28-10)19(17,13(26)29-9)31-14-16(5,17)7(22)11(24)30-14/h4-10,14,21-23,27H,1-3H3/t4-,5?,6?,7-,8+,9?,10?,14?,16?,17?,18+,19?/m0/s1/i20-1. The molecule has 0 aromatic rings. The van der Waals surface area contributed by atoms with Gasteiger partial charge in [-0.1, -0.05) is 20.8 Å². The van der Waals surface area contributed by atoms with Crippen LogP contribution in [0.25, 0.3) is 0 Å². The van der Waals surface area contributed by atoms with Crippen LogP contribution in [0.3, 0.4) is 0 Å². The molecule has 0 amide bonds. The van der Waals surface area contributed by atoms with Crippen molar-refractivity contribution in [2.45, 2.75) is 75.0 Å². The highest BCUT2D eigenvalue weighted by Gasteiger charge is 3.05. The molecule has 0 aromatic carbocycles. The number of fused-ring (bicyclic) bond motifs is 1. The fourth-order valence-corrected chi connectivity index (χ4v) is 7.95. The summed E-state index contributed by atoms with van der Waals surface area (Å²) >= 11 is 0. The largest absolute Gasteiger partial charge is 0.456 e. The first-order valence-corrected chi connectivity index (χ1v) is 9.97. The van der Waals surface area contributed by atoms with Gasteiger partial charge in [0, 0.05) is 5.92 Å². The monoisotopic (exact) mass is 443 g/mol. The predicted molar refractivity (Wildman–Crippen MR) is 89.1 cm³/mol. The molecule has 11 nitrogen and oxygen atoms in total. The Labute approximate surface area is 174 Å². The molecule has 8 unspecified atom stereocenters. The fraction of sp³-hybridized carbons (Fsp3) is 0.842. The Balaban J connectivity index is 1.75. The van der Waals surface area contributed by atoms with Crippen LogP contribution in [-0.4, -0.2) is 92.5 Å². The van der Waals surface area contributed by atoms with Gasteiger partial charge in [0.05, 0.1) is 10.8 Å². The van der Waals surface area contributed by atoms with Crippen LogP contribution in [0.2, 0.25) is 0 Å². The Morgan fingerprint density at radius 3 is 2.16 bits per heavy atom. The van der Waals surface area contributed by atoms with Crippen molar-refractivity contribution in [3.63, 3.8) is 0 Å². The SMILES string of the molecule is CC(C)(C)C1[C@H]([18F])C2OC(=O)C34OC5OC(=O)[C@H](O)C51C23C(O)C1OC(=O)[C@@H](O)[C@@]14O. The van der Waals surface area contributed by atoms with Crippen molar-refractivity contribution >= 4 is 17.9 Å². The van der Waals surface area contributed by atoms with Crippen LogP contribution in [0, 0.1) is 22.2 Å². The van der Waals surface area contributed by atoms with E-state index in [0.717, 1.165) is 0 Å². The molecule has 0 bridgehead atoms. The molecule has 4 heterocycles. The molecule has 2 spiro atoms. The van der Waals surface area contributed by atoms with Crippen molar-refractivity contribution in [2.24, 2.45) is 22.2 Å². The lowest BCUT2D eigenvalue weighted by Gasteiger charge is -2.47. The van der Waals surface area contributed by atoms with Crippen LogP contribution >= 0.6 is 0 Å². The van der Waals surface area contributed by atoms with Gasteiger partial charge < -0.3 is 39.4 Å². The summed E-state index contributed by atoms with van der Waals surface area (Å²) in [5.74, 6) is -5.06. The molecular weight excluding hydrogens is 422 g/mol. The second-order valence-electron chi connectivity index (χ2n) is 10.4. The lowest BCUT2D eigenvalue weighted by molar-refractivity contribution is -0.245. The van der Waals surface area contributed by atoms with E-state index in [1.54, 1.807) is 20.8 Å². The lowest BCUT2D eigenvalue weighted by Crippen LogP contribution is -2.68. The third-order valence-corrected chi connectivity index (χ3v) is 8.53. The lowest BCUT2D eigenvalue weighted by atomic mass is 9.51. The number of aliphatic hydroxyl groups is 4. The Hall–Kier alpha value is -1.86. The molecule has 6 aliphatic rings. The first-order valence-electron chi connectivity index (χ1n) is 9.97. The molecule has 6 fully saturated rings. The number of alkyl halides is 1. The van der Waals surface area contributed by atoms with Crippen LogP contribution in [0.1, 0.15) is 20.8 Å². The van der Waals surface area contributed by atoms with Gasteiger partial charge >= 0.3 is 17.9 Å². The highest BCUT2D eigenvalue weighted by Crippen LogP contribution is 2.84. The molecule has 12 heteroatoms. The minimum Gasteiger partial charge on any atom is -0.456 e. The van der Waals surface area contributed by atoms with Crippen molar-refractivity contribution in [3.8, 4) is 0 Å². The van der Waals surface area contributed by atoms with E-state index in [1.807, 2.05) is 0 Å². The minimum absolute atomic E-state index is 0.979. The van der Waals surface area contributed by atoms with Gasteiger partial charge in [0.15, 0.2) is 23.9 Å². The van der Waals surface area contributed by atoms with Crippen molar-refractivity contribution < 1.29 is 58.1 Å². The maximum atomic E-state index is 16.1. The van der Waals surface area contributed by atoms with Crippen molar-refractivity contribution in [1.82, 2.24) is 0 Å². The molecule has 2 saturated carbocycles. The van der Waals surface area contributed by atoms with Gasteiger partial charge in [0.1, 0.15) is 18.4 Å². The van der Waals surface area contributed by atoms with Crippen LogP contribution in [0.15, 0.2) is 0 Å². The average molecular weight is 443 g/mol. The first-order chi connectivity index (χ1) is 14.3. The molecule has 4 aliphatic heterocycles. The summed E-state index contributed by atoms with van der Waals surface area (Å²) in [7, 11) is 0. The number of rotatable bonds is 0. The first kappa shape index (κ1) is 19.8. The van der Waals surface area contributed by atoms with E-state index in [0.29, 0.717) is 0 Å². The van der Waals surface area contributed by atoms with E-state index < -0.39 is 94.3 Å². The molecule has 12 atom stereocenters. The number of carbonyl (C=O) groups excluding carboxylic acids is 3. The van der Waals surface area contributed by atoms with E-state index in [9.17, 15) is 34.8 Å². The predicted octanol–water partition coefficient (Wildman–Crippen LogP) is -2.70. The molecule has 2 aliphatic carbocycles. The summed E-state index contributed by atoms with van der Waals surface area (Å²) in [6.45, 7) is 4.91. The summed E-state index contributed by atoms with van der Waals surface area (Å²) in [5.41, 5.74) is -10.9. The Bertz CT molecular complexity index is 963. The fourth-order valence-electron chi connectivity index (χ4n) is 7.95. The van der Waals surface area contributed by atoms with E-state index in [-0.39, 0.29) is 0 Å². The van der Waals surface area contributed by atoms with Gasteiger partial charge in [-0.25, -0.2) is 18.8 Å². The van der Waals surface area contributed by atoms with Crippen molar-refractivity contribution in [2.75, 3.05) is 0 Å². The van der Waals surface area contributed by atoms with Gasteiger partial charge in [0.25, 0.3) is 0 Å². The van der Waals surface area contributed by atoms with Gasteiger partial charge in [0.2, 0.25) is 11.9 Å². The maximum Gasteiger partial charge on any atom is 0.343 e. The molecule has 170 valence electrons. The highest BCUT2D eigenvalue weighted by molar-refractivity contribution is 5.94. The van der Waals surface area contributed by atoms with Gasteiger partial charge in [-0.3, -0.25) is 0 Å². The normalized spacial score (nSPS) is 61.0. The number of esters is 3. The maximum absolute atomic E-state index is 16.1. The number of hydrogen-bond donors (Lipinski definition) is 4. The number of aliphatic hydroxyl groups excluding tert-OH is 3. The minimum atomic E-state index is -2.87. The zero-order chi connectivity index (χ0) is 22.7. The van der Waals surface area contributed by atoms with E-state index in [4.69, 9.17) is 18.9 Å². The quantitative estimate of drug-likeness (QED) is 0.227. The zero-order valence-electron chi connectivity index (χ0n) is 16.6.